The summed E-state index contributed by atoms with van der Waals surface area (Å²) in [5, 5.41) is 12.4. The molecule has 0 aliphatic carbocycles. The second kappa shape index (κ2) is 3.52. The van der Waals surface area contributed by atoms with Crippen molar-refractivity contribution < 1.29 is 5.11 Å². The topological polar surface area (TPSA) is 58.3 Å². The molecular formula is C8H18N2O. The van der Waals surface area contributed by atoms with Gasteiger partial charge < -0.3 is 16.2 Å². The Labute approximate surface area is 68.0 Å². The smallest absolute Gasteiger partial charge is 0.0529 e. The average molecular weight is 158 g/mol. The fourth-order valence-electron chi connectivity index (χ4n) is 1.72. The van der Waals surface area contributed by atoms with E-state index in [1.54, 1.807) is 6.92 Å². The Balaban J connectivity index is 2.37. The zero-order chi connectivity index (χ0) is 8.32. The minimum atomic E-state index is -0.266. The van der Waals surface area contributed by atoms with E-state index in [1.165, 1.54) is 0 Å². The van der Waals surface area contributed by atoms with Gasteiger partial charge in [0.2, 0.25) is 0 Å². The Bertz CT molecular complexity index is 119. The third-order valence-corrected chi connectivity index (χ3v) is 2.30. The molecule has 0 amide bonds. The van der Waals surface area contributed by atoms with Gasteiger partial charge in [0.1, 0.15) is 0 Å². The summed E-state index contributed by atoms with van der Waals surface area (Å²) < 4.78 is 0. The molecule has 0 saturated carbocycles. The zero-order valence-corrected chi connectivity index (χ0v) is 7.14. The summed E-state index contributed by atoms with van der Waals surface area (Å²) in [5.41, 5.74) is 5.95. The number of hydrogen-bond acceptors (Lipinski definition) is 3. The van der Waals surface area contributed by atoms with Crippen molar-refractivity contribution in [3.63, 3.8) is 0 Å². The Morgan fingerprint density at radius 3 is 2.55 bits per heavy atom. The number of aliphatic hydroxyl groups excluding tert-OH is 1. The van der Waals surface area contributed by atoms with Crippen LogP contribution in [0.15, 0.2) is 0 Å². The van der Waals surface area contributed by atoms with Crippen molar-refractivity contribution in [3.05, 3.63) is 0 Å². The van der Waals surface area contributed by atoms with Gasteiger partial charge in [-0.1, -0.05) is 0 Å². The minimum absolute atomic E-state index is 0.112. The SMILES string of the molecule is CC(O)CC1(N)CCNCC1. The van der Waals surface area contributed by atoms with Gasteiger partial charge in [0.25, 0.3) is 0 Å². The number of piperidine rings is 1. The molecule has 1 atom stereocenters. The Morgan fingerprint density at radius 1 is 1.55 bits per heavy atom. The summed E-state index contributed by atoms with van der Waals surface area (Å²) in [7, 11) is 0. The molecule has 3 nitrogen and oxygen atoms in total. The van der Waals surface area contributed by atoms with E-state index in [4.69, 9.17) is 10.8 Å². The fraction of sp³-hybridized carbons (Fsp3) is 1.00. The van der Waals surface area contributed by atoms with E-state index in [0.29, 0.717) is 0 Å². The number of hydrogen-bond donors (Lipinski definition) is 3. The third-order valence-electron chi connectivity index (χ3n) is 2.30. The van der Waals surface area contributed by atoms with Gasteiger partial charge in [0.15, 0.2) is 0 Å². The Kier molecular flexibility index (Phi) is 2.87. The van der Waals surface area contributed by atoms with Gasteiger partial charge in [0, 0.05) is 5.54 Å². The number of nitrogens with one attached hydrogen (secondary N) is 1. The highest BCUT2D eigenvalue weighted by Gasteiger charge is 2.28. The van der Waals surface area contributed by atoms with Gasteiger partial charge in [-0.05, 0) is 39.3 Å². The van der Waals surface area contributed by atoms with Crippen molar-refractivity contribution in [2.45, 2.75) is 37.8 Å². The maximum atomic E-state index is 9.17. The minimum Gasteiger partial charge on any atom is -0.393 e. The monoisotopic (exact) mass is 158 g/mol. The zero-order valence-electron chi connectivity index (χ0n) is 7.14. The summed E-state index contributed by atoms with van der Waals surface area (Å²) in [5.74, 6) is 0. The number of rotatable bonds is 2. The molecule has 1 unspecified atom stereocenters. The second-order valence-corrected chi connectivity index (χ2v) is 3.67. The van der Waals surface area contributed by atoms with Crippen molar-refractivity contribution >= 4 is 0 Å². The first-order valence-electron chi connectivity index (χ1n) is 4.30. The lowest BCUT2D eigenvalue weighted by atomic mass is 9.84. The Morgan fingerprint density at radius 2 is 2.09 bits per heavy atom. The predicted molar refractivity (Wildman–Crippen MR) is 45.3 cm³/mol. The molecule has 1 saturated heterocycles. The van der Waals surface area contributed by atoms with Gasteiger partial charge in [0.05, 0.1) is 6.10 Å². The fourth-order valence-corrected chi connectivity index (χ4v) is 1.72. The highest BCUT2D eigenvalue weighted by Crippen LogP contribution is 2.20. The van der Waals surface area contributed by atoms with Crippen LogP contribution in [0.3, 0.4) is 0 Å². The van der Waals surface area contributed by atoms with Crippen LogP contribution in [0.5, 0.6) is 0 Å². The summed E-state index contributed by atoms with van der Waals surface area (Å²) in [6.07, 6.45) is 2.43. The molecule has 0 spiro atoms. The predicted octanol–water partition coefficient (Wildman–Crippen LogP) is -0.162. The summed E-state index contributed by atoms with van der Waals surface area (Å²) in [6, 6.07) is 0. The molecule has 11 heavy (non-hydrogen) atoms. The van der Waals surface area contributed by atoms with Crippen LogP contribution >= 0.6 is 0 Å². The molecule has 1 fully saturated rings. The van der Waals surface area contributed by atoms with Gasteiger partial charge in [-0.3, -0.25) is 0 Å². The molecule has 1 aliphatic heterocycles. The van der Waals surface area contributed by atoms with E-state index in [0.717, 1.165) is 32.4 Å². The van der Waals surface area contributed by atoms with Crippen molar-refractivity contribution in [1.82, 2.24) is 5.32 Å². The number of aliphatic hydroxyl groups is 1. The van der Waals surface area contributed by atoms with E-state index >= 15 is 0 Å². The largest absolute Gasteiger partial charge is 0.393 e. The lowest BCUT2D eigenvalue weighted by molar-refractivity contribution is 0.133. The molecule has 1 aliphatic rings. The molecule has 0 aromatic rings. The second-order valence-electron chi connectivity index (χ2n) is 3.67. The van der Waals surface area contributed by atoms with Gasteiger partial charge in [-0.15, -0.1) is 0 Å². The van der Waals surface area contributed by atoms with Crippen LogP contribution in [-0.2, 0) is 0 Å². The van der Waals surface area contributed by atoms with Gasteiger partial charge in [-0.25, -0.2) is 0 Å². The summed E-state index contributed by atoms with van der Waals surface area (Å²) >= 11 is 0. The van der Waals surface area contributed by atoms with Crippen LogP contribution in [0.4, 0.5) is 0 Å². The van der Waals surface area contributed by atoms with Crippen LogP contribution in [-0.4, -0.2) is 29.8 Å². The van der Waals surface area contributed by atoms with Crippen LogP contribution in [0.25, 0.3) is 0 Å². The maximum Gasteiger partial charge on any atom is 0.0529 e. The molecule has 66 valence electrons. The van der Waals surface area contributed by atoms with E-state index in [2.05, 4.69) is 5.32 Å². The van der Waals surface area contributed by atoms with Crippen LogP contribution in [0.1, 0.15) is 26.2 Å². The van der Waals surface area contributed by atoms with Crippen LogP contribution in [0, 0.1) is 0 Å². The maximum absolute atomic E-state index is 9.17. The third kappa shape index (κ3) is 2.77. The van der Waals surface area contributed by atoms with E-state index in [9.17, 15) is 0 Å². The summed E-state index contributed by atoms with van der Waals surface area (Å²) in [6.45, 7) is 3.78. The first kappa shape index (κ1) is 8.97. The lowest BCUT2D eigenvalue weighted by Crippen LogP contribution is -2.50. The standard InChI is InChI=1S/C8H18N2O/c1-7(11)6-8(9)2-4-10-5-3-8/h7,10-11H,2-6,9H2,1H3. The van der Waals surface area contributed by atoms with Crippen molar-refractivity contribution in [2.24, 2.45) is 5.73 Å². The molecule has 4 N–H and O–H groups in total. The molecule has 0 aromatic carbocycles. The van der Waals surface area contributed by atoms with E-state index < -0.39 is 0 Å². The Hall–Kier alpha value is -0.120. The lowest BCUT2D eigenvalue weighted by Gasteiger charge is -2.34. The first-order valence-corrected chi connectivity index (χ1v) is 4.30. The number of nitrogens with two attached hydrogens (primary N) is 1. The van der Waals surface area contributed by atoms with E-state index in [-0.39, 0.29) is 11.6 Å². The van der Waals surface area contributed by atoms with Gasteiger partial charge >= 0.3 is 0 Å². The first-order chi connectivity index (χ1) is 5.12. The van der Waals surface area contributed by atoms with Crippen molar-refractivity contribution in [1.29, 1.82) is 0 Å². The molecular weight excluding hydrogens is 140 g/mol. The highest BCUT2D eigenvalue weighted by molar-refractivity contribution is 4.90. The van der Waals surface area contributed by atoms with Crippen molar-refractivity contribution in [2.75, 3.05) is 13.1 Å². The quantitative estimate of drug-likeness (QED) is 0.523. The molecule has 3 heteroatoms. The molecule has 0 aromatic heterocycles. The van der Waals surface area contributed by atoms with E-state index in [1.807, 2.05) is 0 Å². The highest BCUT2D eigenvalue weighted by atomic mass is 16.3. The normalized spacial score (nSPS) is 26.5. The van der Waals surface area contributed by atoms with Crippen molar-refractivity contribution in [3.8, 4) is 0 Å². The molecule has 1 heterocycles. The molecule has 1 rings (SSSR count). The molecule has 0 bridgehead atoms. The average Bonchev–Trinajstić information content (AvgIpc) is 1.85. The molecule has 0 radical (unpaired) electrons. The van der Waals surface area contributed by atoms with Crippen LogP contribution in [0.2, 0.25) is 0 Å². The summed E-state index contributed by atoms with van der Waals surface area (Å²) in [4.78, 5) is 0. The van der Waals surface area contributed by atoms with Crippen LogP contribution < -0.4 is 11.1 Å². The van der Waals surface area contributed by atoms with Gasteiger partial charge in [-0.2, -0.15) is 0 Å².